The zero-order valence-electron chi connectivity index (χ0n) is 13.6. The smallest absolute Gasteiger partial charge is 0.408 e. The zero-order chi connectivity index (χ0) is 17.4. The first-order valence-electron chi connectivity index (χ1n) is 7.98. The summed E-state index contributed by atoms with van der Waals surface area (Å²) in [5.74, 6) is -0.0568. The number of hydrogen-bond acceptors (Lipinski definition) is 5. The Balaban J connectivity index is 1.69. The van der Waals surface area contributed by atoms with Gasteiger partial charge in [0.05, 0.1) is 12.2 Å². The fourth-order valence-electron chi connectivity index (χ4n) is 2.41. The number of amides is 1. The van der Waals surface area contributed by atoms with Crippen molar-refractivity contribution >= 4 is 23.8 Å². The molecule has 2 rings (SSSR count). The van der Waals surface area contributed by atoms with Crippen LogP contribution < -0.4 is 5.32 Å². The molecule has 1 amide bonds. The molecule has 3 atom stereocenters. The predicted molar refractivity (Wildman–Crippen MR) is 92.1 cm³/mol. The van der Waals surface area contributed by atoms with E-state index < -0.39 is 18.1 Å². The third kappa shape index (κ3) is 6.41. The van der Waals surface area contributed by atoms with Gasteiger partial charge in [-0.25, -0.2) is 9.59 Å². The van der Waals surface area contributed by atoms with E-state index in [0.717, 1.165) is 24.2 Å². The highest BCUT2D eigenvalue weighted by Gasteiger charge is 2.24. The summed E-state index contributed by atoms with van der Waals surface area (Å²) in [7, 11) is 0. The SMILES string of the molecule is CC1CCC(CSCC(NC(=O)OCc2ccccc2)C(=O)O)O1. The van der Waals surface area contributed by atoms with Gasteiger partial charge >= 0.3 is 12.1 Å². The Morgan fingerprint density at radius 1 is 1.38 bits per heavy atom. The highest BCUT2D eigenvalue weighted by atomic mass is 32.2. The molecule has 1 aromatic rings. The average molecular weight is 353 g/mol. The Kier molecular flexibility index (Phi) is 7.39. The lowest BCUT2D eigenvalue weighted by molar-refractivity contribution is -0.138. The minimum atomic E-state index is -1.07. The summed E-state index contributed by atoms with van der Waals surface area (Å²) in [5, 5.41) is 11.6. The summed E-state index contributed by atoms with van der Waals surface area (Å²) in [5.41, 5.74) is 0.849. The third-order valence-electron chi connectivity index (χ3n) is 3.71. The average Bonchev–Trinajstić information content (AvgIpc) is 2.98. The Morgan fingerprint density at radius 2 is 2.12 bits per heavy atom. The van der Waals surface area contributed by atoms with Crippen LogP contribution in [0.15, 0.2) is 30.3 Å². The third-order valence-corrected chi connectivity index (χ3v) is 4.89. The van der Waals surface area contributed by atoms with E-state index in [4.69, 9.17) is 9.47 Å². The molecule has 0 aromatic heterocycles. The molecule has 6 nitrogen and oxygen atoms in total. The molecule has 0 spiro atoms. The van der Waals surface area contributed by atoms with Crippen LogP contribution in [-0.2, 0) is 20.9 Å². The molecule has 0 bridgehead atoms. The van der Waals surface area contributed by atoms with Crippen LogP contribution in [0.1, 0.15) is 25.3 Å². The number of benzene rings is 1. The standard InChI is InChI=1S/C17H23NO5S/c1-12-7-8-14(23-12)10-24-11-15(16(19)20)18-17(21)22-9-13-5-3-2-4-6-13/h2-6,12,14-15H,7-11H2,1H3,(H,18,21)(H,19,20). The van der Waals surface area contributed by atoms with Gasteiger partial charge in [0.15, 0.2) is 0 Å². The van der Waals surface area contributed by atoms with Gasteiger partial charge in [0.25, 0.3) is 0 Å². The van der Waals surface area contributed by atoms with E-state index in [1.165, 1.54) is 11.8 Å². The Hall–Kier alpha value is -1.73. The highest BCUT2D eigenvalue weighted by Crippen LogP contribution is 2.22. The molecule has 3 unspecified atom stereocenters. The van der Waals surface area contributed by atoms with Crippen molar-refractivity contribution in [3.63, 3.8) is 0 Å². The second kappa shape index (κ2) is 9.54. The number of aliphatic carboxylic acids is 1. The summed E-state index contributed by atoms with van der Waals surface area (Å²) in [6, 6.07) is 8.26. The number of carbonyl (C=O) groups is 2. The lowest BCUT2D eigenvalue weighted by Crippen LogP contribution is -2.43. The maximum Gasteiger partial charge on any atom is 0.408 e. The normalized spacial score (nSPS) is 21.2. The number of ether oxygens (including phenoxy) is 2. The fourth-order valence-corrected chi connectivity index (χ4v) is 3.51. The predicted octanol–water partition coefficient (Wildman–Crippen LogP) is 2.67. The van der Waals surface area contributed by atoms with Crippen LogP contribution in [0, 0.1) is 0 Å². The molecule has 1 aromatic carbocycles. The fraction of sp³-hybridized carbons (Fsp3) is 0.529. The van der Waals surface area contributed by atoms with Crippen LogP contribution in [0.3, 0.4) is 0 Å². The topological polar surface area (TPSA) is 84.9 Å². The maximum absolute atomic E-state index is 11.8. The van der Waals surface area contributed by atoms with Crippen molar-refractivity contribution in [3.05, 3.63) is 35.9 Å². The minimum absolute atomic E-state index is 0.111. The maximum atomic E-state index is 11.8. The van der Waals surface area contributed by atoms with Crippen LogP contribution in [0.5, 0.6) is 0 Å². The molecule has 7 heteroatoms. The van der Waals surface area contributed by atoms with Gasteiger partial charge in [-0.1, -0.05) is 30.3 Å². The molecule has 132 valence electrons. The van der Waals surface area contributed by atoms with Gasteiger partial charge in [0, 0.05) is 11.5 Å². The van der Waals surface area contributed by atoms with Crippen LogP contribution in [-0.4, -0.2) is 46.9 Å². The molecule has 1 heterocycles. The first-order valence-corrected chi connectivity index (χ1v) is 9.13. The Morgan fingerprint density at radius 3 is 2.75 bits per heavy atom. The van der Waals surface area contributed by atoms with E-state index in [-0.39, 0.29) is 24.6 Å². The summed E-state index contributed by atoms with van der Waals surface area (Å²) >= 11 is 1.47. The van der Waals surface area contributed by atoms with E-state index in [1.54, 1.807) is 0 Å². The Bertz CT molecular complexity index is 539. The van der Waals surface area contributed by atoms with Crippen molar-refractivity contribution in [2.24, 2.45) is 0 Å². The van der Waals surface area contributed by atoms with Crippen LogP contribution >= 0.6 is 11.8 Å². The molecule has 24 heavy (non-hydrogen) atoms. The number of carboxylic acids is 1. The van der Waals surface area contributed by atoms with Crippen LogP contribution in [0.4, 0.5) is 4.79 Å². The Labute approximate surface area is 145 Å². The molecule has 1 fully saturated rings. The lowest BCUT2D eigenvalue weighted by atomic mass is 10.2. The number of rotatable bonds is 8. The lowest BCUT2D eigenvalue weighted by Gasteiger charge is -2.16. The van der Waals surface area contributed by atoms with Gasteiger partial charge in [0.1, 0.15) is 12.6 Å². The van der Waals surface area contributed by atoms with Crippen molar-refractivity contribution < 1.29 is 24.2 Å². The van der Waals surface area contributed by atoms with Gasteiger partial charge in [0.2, 0.25) is 0 Å². The first kappa shape index (κ1) is 18.6. The van der Waals surface area contributed by atoms with Crippen LogP contribution in [0.2, 0.25) is 0 Å². The van der Waals surface area contributed by atoms with Gasteiger partial charge in [-0.3, -0.25) is 0 Å². The van der Waals surface area contributed by atoms with Crippen molar-refractivity contribution in [2.45, 2.75) is 44.6 Å². The van der Waals surface area contributed by atoms with Crippen molar-refractivity contribution in [1.82, 2.24) is 5.32 Å². The first-order chi connectivity index (χ1) is 11.5. The molecule has 0 saturated carbocycles. The monoisotopic (exact) mass is 353 g/mol. The number of thioether (sulfide) groups is 1. The number of carboxylic acid groups (broad SMARTS) is 1. The zero-order valence-corrected chi connectivity index (χ0v) is 14.5. The van der Waals surface area contributed by atoms with E-state index in [0.29, 0.717) is 0 Å². The molecule has 2 N–H and O–H groups in total. The van der Waals surface area contributed by atoms with Crippen molar-refractivity contribution in [2.75, 3.05) is 11.5 Å². The van der Waals surface area contributed by atoms with Gasteiger partial charge in [-0.15, -0.1) is 0 Å². The summed E-state index contributed by atoms with van der Waals surface area (Å²) in [6.07, 6.45) is 1.76. The van der Waals surface area contributed by atoms with Gasteiger partial charge in [-0.05, 0) is 25.3 Å². The van der Waals surface area contributed by atoms with Gasteiger partial charge < -0.3 is 19.9 Å². The van der Waals surface area contributed by atoms with E-state index in [1.807, 2.05) is 37.3 Å². The minimum Gasteiger partial charge on any atom is -0.480 e. The molecule has 1 saturated heterocycles. The molecule has 0 radical (unpaired) electrons. The largest absolute Gasteiger partial charge is 0.480 e. The van der Waals surface area contributed by atoms with E-state index in [2.05, 4.69) is 5.32 Å². The quantitative estimate of drug-likeness (QED) is 0.747. The summed E-state index contributed by atoms with van der Waals surface area (Å²) in [6.45, 7) is 2.15. The molecule has 0 aliphatic carbocycles. The van der Waals surface area contributed by atoms with E-state index in [9.17, 15) is 14.7 Å². The molecular weight excluding hydrogens is 330 g/mol. The van der Waals surface area contributed by atoms with Crippen molar-refractivity contribution in [3.8, 4) is 0 Å². The summed E-state index contributed by atoms with van der Waals surface area (Å²) in [4.78, 5) is 23.0. The number of alkyl carbamates (subject to hydrolysis) is 1. The second-order valence-corrected chi connectivity index (χ2v) is 6.86. The second-order valence-electron chi connectivity index (χ2n) is 5.78. The molecular formula is C17H23NO5S. The highest BCUT2D eigenvalue weighted by molar-refractivity contribution is 7.99. The van der Waals surface area contributed by atoms with Gasteiger partial charge in [-0.2, -0.15) is 11.8 Å². The molecule has 1 aliphatic heterocycles. The summed E-state index contributed by atoms with van der Waals surface area (Å²) < 4.78 is 10.7. The number of hydrogen-bond donors (Lipinski definition) is 2. The van der Waals surface area contributed by atoms with Crippen molar-refractivity contribution in [1.29, 1.82) is 0 Å². The van der Waals surface area contributed by atoms with E-state index >= 15 is 0 Å². The number of nitrogens with one attached hydrogen (secondary N) is 1. The molecule has 1 aliphatic rings. The van der Waals surface area contributed by atoms with Crippen LogP contribution in [0.25, 0.3) is 0 Å². The number of carbonyl (C=O) groups excluding carboxylic acids is 1.